The summed E-state index contributed by atoms with van der Waals surface area (Å²) >= 11 is 0. The SMILES string of the molecule is CO/C=C/C[Si](F)(F)F. The molecule has 0 aromatic carbocycles. The van der Waals surface area contributed by atoms with Crippen LogP contribution in [0.2, 0.25) is 6.04 Å². The van der Waals surface area contributed by atoms with E-state index in [1.165, 1.54) is 7.11 Å². The monoisotopic (exact) mass is 156 g/mol. The van der Waals surface area contributed by atoms with Gasteiger partial charge in [0.2, 0.25) is 0 Å². The Morgan fingerprint density at radius 3 is 2.33 bits per heavy atom. The van der Waals surface area contributed by atoms with Crippen molar-refractivity contribution in [3.63, 3.8) is 0 Å². The van der Waals surface area contributed by atoms with Crippen LogP contribution < -0.4 is 0 Å². The summed E-state index contributed by atoms with van der Waals surface area (Å²) in [4.78, 5) is 0. The molecule has 0 unspecified atom stereocenters. The summed E-state index contributed by atoms with van der Waals surface area (Å²) < 4.78 is 38.5. The van der Waals surface area contributed by atoms with Crippen molar-refractivity contribution in [1.29, 1.82) is 0 Å². The van der Waals surface area contributed by atoms with E-state index in [2.05, 4.69) is 4.74 Å². The van der Waals surface area contributed by atoms with Gasteiger partial charge >= 0.3 is 9.08 Å². The molecule has 0 atom stereocenters. The average molecular weight is 156 g/mol. The Hall–Kier alpha value is -0.453. The first-order chi connectivity index (χ1) is 4.06. The summed E-state index contributed by atoms with van der Waals surface area (Å²) in [5.74, 6) is 0. The highest BCUT2D eigenvalue weighted by Crippen LogP contribution is 2.14. The van der Waals surface area contributed by atoms with E-state index in [4.69, 9.17) is 0 Å². The zero-order chi connectivity index (χ0) is 7.33. The third-order valence-corrected chi connectivity index (χ3v) is 1.28. The highest BCUT2D eigenvalue weighted by atomic mass is 28.5. The van der Waals surface area contributed by atoms with Gasteiger partial charge in [-0.15, -0.1) is 0 Å². The van der Waals surface area contributed by atoms with Gasteiger partial charge in [0.15, 0.2) is 0 Å². The van der Waals surface area contributed by atoms with E-state index in [9.17, 15) is 12.3 Å². The first-order valence-corrected chi connectivity index (χ1v) is 4.15. The highest BCUT2D eigenvalue weighted by molar-refractivity contribution is 6.58. The molecule has 0 saturated carbocycles. The third-order valence-electron chi connectivity index (χ3n) is 0.582. The topological polar surface area (TPSA) is 9.23 Å². The van der Waals surface area contributed by atoms with Gasteiger partial charge < -0.3 is 4.74 Å². The summed E-state index contributed by atoms with van der Waals surface area (Å²) in [6.07, 6.45) is 2.02. The number of hydrogen-bond donors (Lipinski definition) is 0. The van der Waals surface area contributed by atoms with Crippen LogP contribution in [0.1, 0.15) is 0 Å². The van der Waals surface area contributed by atoms with Gasteiger partial charge in [0.05, 0.1) is 19.4 Å². The smallest absolute Gasteiger partial charge is 0.505 e. The predicted molar refractivity (Wildman–Crippen MR) is 30.0 cm³/mol. The molecule has 0 heterocycles. The molecule has 0 spiro atoms. The number of allylic oxidation sites excluding steroid dienone is 1. The molecule has 9 heavy (non-hydrogen) atoms. The zero-order valence-corrected chi connectivity index (χ0v) is 5.90. The van der Waals surface area contributed by atoms with E-state index in [0.29, 0.717) is 0 Å². The van der Waals surface area contributed by atoms with Gasteiger partial charge in [-0.25, -0.2) is 12.3 Å². The van der Waals surface area contributed by atoms with Crippen molar-refractivity contribution in [2.24, 2.45) is 0 Å². The van der Waals surface area contributed by atoms with E-state index in [-0.39, 0.29) is 0 Å². The van der Waals surface area contributed by atoms with E-state index in [0.717, 1.165) is 12.3 Å². The molecule has 0 bridgehead atoms. The first-order valence-electron chi connectivity index (χ1n) is 2.31. The standard InChI is InChI=1S/C4H7F3OSi/c1-8-3-2-4-9(5,6)7/h2-3H,4H2,1H3/b3-2+. The lowest BCUT2D eigenvalue weighted by Crippen LogP contribution is -2.11. The van der Waals surface area contributed by atoms with Crippen LogP contribution >= 0.6 is 0 Å². The molecular weight excluding hydrogens is 149 g/mol. The van der Waals surface area contributed by atoms with Gasteiger partial charge in [-0.3, -0.25) is 0 Å². The fourth-order valence-corrected chi connectivity index (χ4v) is 0.641. The quantitative estimate of drug-likeness (QED) is 0.345. The first kappa shape index (κ1) is 8.55. The van der Waals surface area contributed by atoms with Crippen LogP contribution in [-0.2, 0) is 4.74 Å². The number of hydrogen-bond acceptors (Lipinski definition) is 1. The number of methoxy groups -OCH3 is 1. The van der Waals surface area contributed by atoms with Crippen molar-refractivity contribution in [3.05, 3.63) is 12.3 Å². The Morgan fingerprint density at radius 1 is 1.44 bits per heavy atom. The summed E-state index contributed by atoms with van der Waals surface area (Å²) in [5, 5.41) is 0. The maximum absolute atomic E-state index is 11.4. The largest absolute Gasteiger partial charge is 0.620 e. The highest BCUT2D eigenvalue weighted by Gasteiger charge is 2.34. The molecule has 0 aliphatic carbocycles. The Morgan fingerprint density at radius 2 is 2.00 bits per heavy atom. The molecule has 0 rings (SSSR count). The van der Waals surface area contributed by atoms with Crippen molar-refractivity contribution in [2.45, 2.75) is 6.04 Å². The third kappa shape index (κ3) is 7.55. The Kier molecular flexibility index (Phi) is 3.37. The molecule has 54 valence electrons. The molecule has 5 heteroatoms. The average Bonchev–Trinajstić information content (AvgIpc) is 1.63. The Labute approximate surface area is 52.7 Å². The van der Waals surface area contributed by atoms with Gasteiger partial charge in [0.1, 0.15) is 0 Å². The lowest BCUT2D eigenvalue weighted by Gasteiger charge is -1.94. The molecule has 0 aliphatic rings. The van der Waals surface area contributed by atoms with Crippen molar-refractivity contribution >= 4 is 9.08 Å². The van der Waals surface area contributed by atoms with Gasteiger partial charge in [-0.2, -0.15) is 0 Å². The van der Waals surface area contributed by atoms with E-state index >= 15 is 0 Å². The fourth-order valence-electron chi connectivity index (χ4n) is 0.278. The molecule has 0 fully saturated rings. The molecular formula is C4H7F3OSi. The van der Waals surface area contributed by atoms with Crippen LogP contribution in [0, 0.1) is 0 Å². The van der Waals surface area contributed by atoms with Crippen LogP contribution in [0.25, 0.3) is 0 Å². The number of rotatable bonds is 3. The van der Waals surface area contributed by atoms with Gasteiger partial charge in [0.25, 0.3) is 0 Å². The van der Waals surface area contributed by atoms with E-state index < -0.39 is 15.1 Å². The summed E-state index contributed by atoms with van der Waals surface area (Å²) in [6, 6.07) is -0.791. The lowest BCUT2D eigenvalue weighted by atomic mass is 10.7. The second-order valence-electron chi connectivity index (χ2n) is 1.43. The van der Waals surface area contributed by atoms with Crippen molar-refractivity contribution < 1.29 is 17.1 Å². The Bertz CT molecular complexity index is 98.5. The maximum Gasteiger partial charge on any atom is 0.620 e. The number of halogens is 3. The summed E-state index contributed by atoms with van der Waals surface area (Å²) in [5.41, 5.74) is 0. The van der Waals surface area contributed by atoms with Crippen molar-refractivity contribution in [1.82, 2.24) is 0 Å². The molecule has 0 aromatic rings. The minimum atomic E-state index is -5.36. The van der Waals surface area contributed by atoms with E-state index in [1.807, 2.05) is 0 Å². The molecule has 1 nitrogen and oxygen atoms in total. The second-order valence-corrected chi connectivity index (χ2v) is 3.07. The van der Waals surface area contributed by atoms with Crippen molar-refractivity contribution in [2.75, 3.05) is 7.11 Å². The summed E-state index contributed by atoms with van der Waals surface area (Å²) in [6.45, 7) is 0. The summed E-state index contributed by atoms with van der Waals surface area (Å²) in [7, 11) is -4.05. The van der Waals surface area contributed by atoms with Crippen LogP contribution in [0.4, 0.5) is 12.3 Å². The molecule has 0 N–H and O–H groups in total. The van der Waals surface area contributed by atoms with Gasteiger partial charge in [0, 0.05) is 0 Å². The van der Waals surface area contributed by atoms with Crippen molar-refractivity contribution in [3.8, 4) is 0 Å². The molecule has 0 amide bonds. The Balaban J connectivity index is 3.38. The minimum Gasteiger partial charge on any atom is -0.505 e. The van der Waals surface area contributed by atoms with Crippen LogP contribution in [0.3, 0.4) is 0 Å². The predicted octanol–water partition coefficient (Wildman–Crippen LogP) is 1.99. The zero-order valence-electron chi connectivity index (χ0n) is 4.90. The second kappa shape index (κ2) is 3.55. The molecule has 0 aliphatic heterocycles. The van der Waals surface area contributed by atoms with Crippen LogP contribution in [-0.4, -0.2) is 16.2 Å². The number of ether oxygens (including phenoxy) is 1. The normalized spacial score (nSPS) is 12.4. The van der Waals surface area contributed by atoms with Gasteiger partial charge in [-0.05, 0) is 6.08 Å². The maximum atomic E-state index is 11.4. The van der Waals surface area contributed by atoms with Crippen LogP contribution in [0.15, 0.2) is 12.3 Å². The van der Waals surface area contributed by atoms with E-state index in [1.54, 1.807) is 0 Å². The molecule has 0 radical (unpaired) electrons. The fraction of sp³-hybridized carbons (Fsp3) is 0.500. The lowest BCUT2D eigenvalue weighted by molar-refractivity contribution is 0.336. The minimum absolute atomic E-state index is 0.791. The van der Waals surface area contributed by atoms with Crippen LogP contribution in [0.5, 0.6) is 0 Å². The van der Waals surface area contributed by atoms with Gasteiger partial charge in [-0.1, -0.05) is 0 Å². The molecule has 0 aromatic heterocycles. The molecule has 0 saturated heterocycles.